The molecule has 0 aromatic heterocycles. The number of benzene rings is 1. The first kappa shape index (κ1) is 13.2. The Morgan fingerprint density at radius 3 is 3.17 bits per heavy atom. The van der Waals surface area contributed by atoms with Crippen molar-refractivity contribution in [2.75, 3.05) is 12.5 Å². The van der Waals surface area contributed by atoms with E-state index in [0.717, 1.165) is 24.2 Å². The second-order valence-corrected chi connectivity index (χ2v) is 4.97. The summed E-state index contributed by atoms with van der Waals surface area (Å²) in [7, 11) is 0. The molecule has 3 nitrogen and oxygen atoms in total. The van der Waals surface area contributed by atoms with Gasteiger partial charge >= 0.3 is 0 Å². The van der Waals surface area contributed by atoms with Crippen molar-refractivity contribution >= 4 is 17.5 Å². The molecule has 1 atom stereocenters. The molecule has 0 aliphatic carbocycles. The maximum atomic E-state index is 11.7. The molecule has 1 aliphatic heterocycles. The number of hydrogen-bond acceptors (Lipinski definition) is 2. The Morgan fingerprint density at radius 1 is 1.56 bits per heavy atom. The molecule has 0 radical (unpaired) electrons. The number of carbonyl (C=O) groups excluding carboxylic acids is 1. The summed E-state index contributed by atoms with van der Waals surface area (Å²) in [6.45, 7) is 2.75. The molecule has 0 bridgehead atoms. The highest BCUT2D eigenvalue weighted by atomic mass is 35.5. The highest BCUT2D eigenvalue weighted by molar-refractivity contribution is 6.18. The van der Waals surface area contributed by atoms with E-state index >= 15 is 0 Å². The topological polar surface area (TPSA) is 38.3 Å². The maximum absolute atomic E-state index is 11.7. The maximum Gasteiger partial charge on any atom is 0.221 e. The van der Waals surface area contributed by atoms with Crippen molar-refractivity contribution in [3.8, 4) is 5.75 Å². The van der Waals surface area contributed by atoms with Crippen LogP contribution in [0.5, 0.6) is 5.75 Å². The molecule has 0 spiro atoms. The molecule has 1 unspecified atom stereocenters. The van der Waals surface area contributed by atoms with Gasteiger partial charge in [-0.05, 0) is 25.8 Å². The van der Waals surface area contributed by atoms with Gasteiger partial charge in [0.05, 0.1) is 12.6 Å². The highest BCUT2D eigenvalue weighted by Crippen LogP contribution is 2.32. The van der Waals surface area contributed by atoms with Crippen molar-refractivity contribution in [1.82, 2.24) is 5.32 Å². The lowest BCUT2D eigenvalue weighted by atomic mass is 10.00. The molecule has 1 aromatic rings. The number of amides is 1. The molecule has 4 heteroatoms. The molecular weight excluding hydrogens is 250 g/mol. The zero-order chi connectivity index (χ0) is 13.0. The van der Waals surface area contributed by atoms with Gasteiger partial charge in [0, 0.05) is 17.9 Å². The molecule has 0 fully saturated rings. The van der Waals surface area contributed by atoms with Crippen molar-refractivity contribution in [2.45, 2.75) is 32.2 Å². The molecule has 1 heterocycles. The van der Waals surface area contributed by atoms with E-state index in [0.29, 0.717) is 18.9 Å². The van der Waals surface area contributed by atoms with Gasteiger partial charge < -0.3 is 10.1 Å². The van der Waals surface area contributed by atoms with Gasteiger partial charge in [-0.2, -0.15) is 0 Å². The second kappa shape index (κ2) is 6.10. The van der Waals surface area contributed by atoms with Crippen LogP contribution in [0.2, 0.25) is 0 Å². The number of halogens is 1. The molecule has 1 amide bonds. The van der Waals surface area contributed by atoms with Gasteiger partial charge in [0.2, 0.25) is 5.91 Å². The molecular formula is C14H18ClNO2. The summed E-state index contributed by atoms with van der Waals surface area (Å²) >= 11 is 5.59. The number of aryl methyl sites for hydroxylation is 1. The number of hydrogen-bond donors (Lipinski definition) is 1. The third-order valence-corrected chi connectivity index (χ3v) is 3.28. The smallest absolute Gasteiger partial charge is 0.221 e. The Morgan fingerprint density at radius 2 is 2.39 bits per heavy atom. The average Bonchev–Trinajstić information content (AvgIpc) is 2.52. The molecule has 98 valence electrons. The van der Waals surface area contributed by atoms with E-state index in [9.17, 15) is 4.79 Å². The highest BCUT2D eigenvalue weighted by Gasteiger charge is 2.21. The van der Waals surface area contributed by atoms with Crippen LogP contribution in [0.1, 0.15) is 36.4 Å². The Kier molecular flexibility index (Phi) is 4.48. The van der Waals surface area contributed by atoms with Crippen LogP contribution in [0, 0.1) is 6.92 Å². The molecule has 1 N–H and O–H groups in total. The van der Waals surface area contributed by atoms with Crippen LogP contribution in [-0.4, -0.2) is 18.4 Å². The standard InChI is InChI=1S/C14H18ClNO2/c1-10-4-5-13-11(9-10)12(3-2-8-18-13)16-14(17)6-7-15/h4-5,9,12H,2-3,6-8H2,1H3,(H,16,17). The van der Waals surface area contributed by atoms with Crippen molar-refractivity contribution in [3.05, 3.63) is 29.3 Å². The van der Waals surface area contributed by atoms with Crippen LogP contribution in [0.3, 0.4) is 0 Å². The summed E-state index contributed by atoms with van der Waals surface area (Å²) in [5.74, 6) is 1.24. The number of fused-ring (bicyclic) bond motifs is 1. The summed E-state index contributed by atoms with van der Waals surface area (Å²) in [5, 5.41) is 3.04. The van der Waals surface area contributed by atoms with Crippen molar-refractivity contribution in [1.29, 1.82) is 0 Å². The van der Waals surface area contributed by atoms with E-state index in [1.165, 1.54) is 5.56 Å². The normalized spacial score (nSPS) is 18.4. The molecule has 2 rings (SSSR count). The van der Waals surface area contributed by atoms with Crippen LogP contribution in [0.15, 0.2) is 18.2 Å². The third kappa shape index (κ3) is 3.16. The third-order valence-electron chi connectivity index (χ3n) is 3.09. The Bertz CT molecular complexity index is 434. The molecule has 1 aromatic carbocycles. The van der Waals surface area contributed by atoms with Crippen molar-refractivity contribution in [3.63, 3.8) is 0 Å². The first-order chi connectivity index (χ1) is 8.70. The summed E-state index contributed by atoms with van der Waals surface area (Å²) in [6, 6.07) is 6.14. The summed E-state index contributed by atoms with van der Waals surface area (Å²) in [6.07, 6.45) is 2.21. The molecule has 0 saturated heterocycles. The lowest BCUT2D eigenvalue weighted by Crippen LogP contribution is -2.28. The number of alkyl halides is 1. The Balaban J connectivity index is 2.20. The van der Waals surface area contributed by atoms with Crippen molar-refractivity contribution < 1.29 is 9.53 Å². The quantitative estimate of drug-likeness (QED) is 0.855. The summed E-state index contributed by atoms with van der Waals surface area (Å²) in [5.41, 5.74) is 2.26. The summed E-state index contributed by atoms with van der Waals surface area (Å²) < 4.78 is 5.70. The minimum absolute atomic E-state index is 0.00403. The van der Waals surface area contributed by atoms with Crippen LogP contribution < -0.4 is 10.1 Å². The summed E-state index contributed by atoms with van der Waals surface area (Å²) in [4.78, 5) is 11.7. The van der Waals surface area contributed by atoms with Gasteiger partial charge in [0.25, 0.3) is 0 Å². The van der Waals surface area contributed by atoms with Crippen molar-refractivity contribution in [2.24, 2.45) is 0 Å². The van der Waals surface area contributed by atoms with Gasteiger partial charge in [0.15, 0.2) is 0 Å². The first-order valence-electron chi connectivity index (χ1n) is 6.29. The van der Waals surface area contributed by atoms with E-state index in [1.54, 1.807) is 0 Å². The van der Waals surface area contributed by atoms with Crippen LogP contribution in [0.25, 0.3) is 0 Å². The van der Waals surface area contributed by atoms with E-state index < -0.39 is 0 Å². The largest absolute Gasteiger partial charge is 0.493 e. The van der Waals surface area contributed by atoms with Gasteiger partial charge in [-0.3, -0.25) is 4.79 Å². The van der Waals surface area contributed by atoms with E-state index in [4.69, 9.17) is 16.3 Å². The van der Waals surface area contributed by atoms with E-state index in [2.05, 4.69) is 11.4 Å². The average molecular weight is 268 g/mol. The fourth-order valence-electron chi connectivity index (χ4n) is 2.20. The molecule has 18 heavy (non-hydrogen) atoms. The Labute approximate surface area is 112 Å². The lowest BCUT2D eigenvalue weighted by molar-refractivity contribution is -0.121. The monoisotopic (exact) mass is 267 g/mol. The first-order valence-corrected chi connectivity index (χ1v) is 6.83. The molecule has 1 aliphatic rings. The van der Waals surface area contributed by atoms with Crippen LogP contribution in [-0.2, 0) is 4.79 Å². The fraction of sp³-hybridized carbons (Fsp3) is 0.500. The predicted octanol–water partition coefficient (Wildman–Crippen LogP) is 2.95. The van der Waals surface area contributed by atoms with Gasteiger partial charge in [-0.1, -0.05) is 17.7 Å². The zero-order valence-electron chi connectivity index (χ0n) is 10.5. The van der Waals surface area contributed by atoms with Crippen LogP contribution >= 0.6 is 11.6 Å². The SMILES string of the molecule is Cc1ccc2c(c1)C(NC(=O)CCCl)CCCO2. The van der Waals surface area contributed by atoms with Gasteiger partial charge in [-0.15, -0.1) is 11.6 Å². The number of rotatable bonds is 3. The second-order valence-electron chi connectivity index (χ2n) is 4.59. The zero-order valence-corrected chi connectivity index (χ0v) is 11.3. The van der Waals surface area contributed by atoms with E-state index in [-0.39, 0.29) is 11.9 Å². The lowest BCUT2D eigenvalue weighted by Gasteiger charge is -2.18. The number of nitrogens with one attached hydrogen (secondary N) is 1. The fourth-order valence-corrected chi connectivity index (χ4v) is 2.37. The number of ether oxygens (including phenoxy) is 1. The molecule has 0 saturated carbocycles. The minimum Gasteiger partial charge on any atom is -0.493 e. The minimum atomic E-state index is 0.00403. The van der Waals surface area contributed by atoms with Gasteiger partial charge in [-0.25, -0.2) is 0 Å². The van der Waals surface area contributed by atoms with Crippen LogP contribution in [0.4, 0.5) is 0 Å². The van der Waals surface area contributed by atoms with E-state index in [1.807, 2.05) is 19.1 Å². The van der Waals surface area contributed by atoms with Gasteiger partial charge in [0.1, 0.15) is 5.75 Å². The number of carbonyl (C=O) groups is 1. The Hall–Kier alpha value is -1.22. The predicted molar refractivity (Wildman–Crippen MR) is 72.1 cm³/mol.